The third-order valence-electron chi connectivity index (χ3n) is 1.88. The molecule has 0 saturated carbocycles. The maximum absolute atomic E-state index is 5.72. The molecule has 0 atom stereocenters. The lowest BCUT2D eigenvalue weighted by atomic mass is 8.53. The lowest BCUT2D eigenvalue weighted by Crippen LogP contribution is -2.67. The summed E-state index contributed by atoms with van der Waals surface area (Å²) in [6.45, 7) is 0. The van der Waals surface area contributed by atoms with Crippen LogP contribution in [0, 0.1) is 0 Å². The Labute approximate surface area is 86.4 Å². The molecule has 0 nitrogen and oxygen atoms in total. The van der Waals surface area contributed by atoms with Crippen molar-refractivity contribution in [1.29, 1.82) is 0 Å². The van der Waals surface area contributed by atoms with E-state index in [4.69, 9.17) is 38.7 Å². The average molecular weight is 132 g/mol. The maximum atomic E-state index is 5.72. The highest BCUT2D eigenvalue weighted by Gasteiger charge is 2.30. The minimum absolute atomic E-state index is 0.223. The largest absolute Gasteiger partial charge is 0.0326 e. The lowest BCUT2D eigenvalue weighted by Gasteiger charge is -2.28. The molecule has 0 aliphatic heterocycles. The molecule has 0 aromatic rings. The Hall–Kier alpha value is 0.779. The first-order valence-electron chi connectivity index (χ1n) is 3.82. The zero-order chi connectivity index (χ0) is 9.89. The molecule has 0 aliphatic carbocycles. The molecule has 12 radical (unpaired) electrons. The SMILES string of the molecule is [B]B([B])B(B([B])[B])B([B])B([BH])[BH]. The van der Waals surface area contributed by atoms with Crippen molar-refractivity contribution in [2.75, 3.05) is 0 Å². The van der Waals surface area contributed by atoms with E-state index in [2.05, 4.69) is 15.5 Å². The molecule has 0 N–H and O–H groups in total. The van der Waals surface area contributed by atoms with Gasteiger partial charge < -0.3 is 0 Å². The summed E-state index contributed by atoms with van der Waals surface area (Å²) in [5.41, 5.74) is 0. The zero-order valence-electron chi connectivity index (χ0n) is 7.19. The Morgan fingerprint density at radius 1 is 0.750 bits per heavy atom. The molecule has 12 heteroatoms. The fourth-order valence-corrected chi connectivity index (χ4v) is 1.08. The Kier molecular flexibility index (Phi) is 5.85. The van der Waals surface area contributed by atoms with Crippen LogP contribution in [0.4, 0.5) is 0 Å². The summed E-state index contributed by atoms with van der Waals surface area (Å²) in [7, 11) is 34.9. The first kappa shape index (κ1) is 12.8. The van der Waals surface area contributed by atoms with Crippen LogP contribution in [0.25, 0.3) is 0 Å². The fourth-order valence-electron chi connectivity index (χ4n) is 1.08. The van der Waals surface area contributed by atoms with Crippen molar-refractivity contribution < 1.29 is 0 Å². The average Bonchev–Trinajstić information content (AvgIpc) is 1.85. The summed E-state index contributed by atoms with van der Waals surface area (Å²) in [6.07, 6.45) is -2.22. The van der Waals surface area contributed by atoms with E-state index in [0.717, 1.165) is 0 Å². The molecule has 0 unspecified atom stereocenters. The van der Waals surface area contributed by atoms with Gasteiger partial charge in [-0.2, -0.15) is 0 Å². The standard InChI is InChI=1S/B12H2/c1-8(2)11(7)12(9(3)4)10(5)6/h1-2H. The quantitative estimate of drug-likeness (QED) is 0.335. The van der Waals surface area contributed by atoms with Gasteiger partial charge in [-0.05, 0) is 0 Å². The van der Waals surface area contributed by atoms with Gasteiger partial charge in [-0.25, -0.2) is 0 Å². The Balaban J connectivity index is 4.30. The molecule has 0 bridgehead atoms. The van der Waals surface area contributed by atoms with Crippen molar-refractivity contribution in [3.8, 4) is 0 Å². The Morgan fingerprint density at radius 3 is 1.17 bits per heavy atom. The Bertz CT molecular complexity index is 103. The molecule has 0 rings (SSSR count). The smallest absolute Gasteiger partial charge is 0.00000000351 e. The van der Waals surface area contributed by atoms with E-state index in [-0.39, 0.29) is 19.2 Å². The number of rotatable bonds is 4. The topological polar surface area (TPSA) is 0 Å². The minimum atomic E-state index is -0.633. The summed E-state index contributed by atoms with van der Waals surface area (Å²) < 4.78 is 0. The van der Waals surface area contributed by atoms with Gasteiger partial charge in [-0.3, -0.25) is 0 Å². The van der Waals surface area contributed by atoms with E-state index in [0.29, 0.717) is 0 Å². The van der Waals surface area contributed by atoms with Gasteiger partial charge in [0.05, 0.1) is 0 Å². The summed E-state index contributed by atoms with van der Waals surface area (Å²) in [6, 6.07) is 0. The van der Waals surface area contributed by atoms with Crippen LogP contribution in [0.15, 0.2) is 0 Å². The fraction of sp³-hybridized carbons (Fsp3) is 0. The van der Waals surface area contributed by atoms with Crippen molar-refractivity contribution in [2.24, 2.45) is 0 Å². The van der Waals surface area contributed by atoms with Gasteiger partial charge in [0, 0.05) is 86.1 Å². The van der Waals surface area contributed by atoms with Crippen molar-refractivity contribution in [1.82, 2.24) is 0 Å². The summed E-state index contributed by atoms with van der Waals surface area (Å²) in [4.78, 5) is 0. The molecule has 12 heavy (non-hydrogen) atoms. The molecule has 0 amide bonds. The highest BCUT2D eigenvalue weighted by Crippen LogP contribution is 1.91. The van der Waals surface area contributed by atoms with Crippen LogP contribution in [0.2, 0.25) is 0 Å². The Morgan fingerprint density at radius 2 is 1.08 bits per heavy atom. The summed E-state index contributed by atoms with van der Waals surface area (Å²) >= 11 is 0. The van der Waals surface area contributed by atoms with Crippen LogP contribution in [0.1, 0.15) is 0 Å². The monoisotopic (exact) mass is 134 g/mol. The molecule has 38 valence electrons. The highest BCUT2D eigenvalue weighted by molar-refractivity contribution is 8.05. The second-order valence-electron chi connectivity index (χ2n) is 3.07. The predicted octanol–water partition coefficient (Wildman–Crippen LogP) is -5.10. The van der Waals surface area contributed by atoms with Gasteiger partial charge in [0.2, 0.25) is 0 Å². The first-order valence-corrected chi connectivity index (χ1v) is 3.82. The molecular weight excluding hydrogens is 130 g/mol. The van der Waals surface area contributed by atoms with Gasteiger partial charge in [-0.15, -0.1) is 0 Å². The predicted molar refractivity (Wildman–Crippen MR) is 71.8 cm³/mol. The van der Waals surface area contributed by atoms with E-state index in [1.165, 1.54) is 0 Å². The molecular formula is H2B12. The van der Waals surface area contributed by atoms with Crippen molar-refractivity contribution in [3.05, 3.63) is 0 Å². The van der Waals surface area contributed by atoms with E-state index >= 15 is 0 Å². The zero-order valence-corrected chi connectivity index (χ0v) is 7.19. The van der Waals surface area contributed by atoms with Crippen LogP contribution in [0.3, 0.4) is 0 Å². The van der Waals surface area contributed by atoms with Gasteiger partial charge >= 0.3 is 0 Å². The highest BCUT2D eigenvalue weighted by atomic mass is 13.1. The molecule has 0 aromatic heterocycles. The lowest BCUT2D eigenvalue weighted by molar-refractivity contribution is 3.47. The van der Waals surface area contributed by atoms with Crippen LogP contribution >= 0.6 is 0 Å². The third kappa shape index (κ3) is 3.66. The first-order chi connectivity index (χ1) is 5.37. The van der Waals surface area contributed by atoms with Crippen molar-refractivity contribution >= 4 is 86.1 Å². The minimum Gasteiger partial charge on any atom is 0.00000000351 e. The molecule has 0 spiro atoms. The second kappa shape index (κ2) is 5.50. The molecule has 0 aliphatic rings. The van der Waals surface area contributed by atoms with Gasteiger partial charge in [0.1, 0.15) is 0 Å². The number of hydrogen-bond acceptors (Lipinski definition) is 0. The molecule has 0 aromatic carbocycles. The van der Waals surface area contributed by atoms with Crippen molar-refractivity contribution in [2.45, 2.75) is 0 Å². The summed E-state index contributed by atoms with van der Waals surface area (Å²) in [5.74, 6) is 0. The maximum Gasteiger partial charge on any atom is 0.0326 e. The van der Waals surface area contributed by atoms with Gasteiger partial charge in [0.25, 0.3) is 0 Å². The van der Waals surface area contributed by atoms with Crippen LogP contribution < -0.4 is 0 Å². The number of hydrogen-bond donors (Lipinski definition) is 0. The van der Waals surface area contributed by atoms with E-state index in [9.17, 15) is 0 Å². The van der Waals surface area contributed by atoms with E-state index < -0.39 is 12.8 Å². The molecule has 0 heterocycles. The van der Waals surface area contributed by atoms with Gasteiger partial charge in [-0.1, -0.05) is 0 Å². The van der Waals surface area contributed by atoms with Crippen LogP contribution in [-0.2, 0) is 0 Å². The van der Waals surface area contributed by atoms with Crippen molar-refractivity contribution in [3.63, 3.8) is 0 Å². The van der Waals surface area contributed by atoms with Gasteiger partial charge in [0.15, 0.2) is 0 Å². The van der Waals surface area contributed by atoms with E-state index in [1.54, 1.807) is 0 Å². The summed E-state index contributed by atoms with van der Waals surface area (Å²) in [5, 5.41) is 0. The second-order valence-corrected chi connectivity index (χ2v) is 3.07. The molecule has 0 saturated heterocycles. The normalized spacial score (nSPS) is 8.67. The van der Waals surface area contributed by atoms with Crippen LogP contribution in [0.5, 0.6) is 0 Å². The van der Waals surface area contributed by atoms with E-state index in [1.807, 2.05) is 0 Å². The third-order valence-corrected chi connectivity index (χ3v) is 1.88. The molecule has 0 fully saturated rings. The van der Waals surface area contributed by atoms with Crippen LogP contribution in [-0.4, -0.2) is 86.1 Å².